The maximum absolute atomic E-state index is 12.3. The summed E-state index contributed by atoms with van der Waals surface area (Å²) in [7, 11) is 3.19. The lowest BCUT2D eigenvalue weighted by atomic mass is 10.1. The lowest BCUT2D eigenvalue weighted by molar-refractivity contribution is -0.127. The van der Waals surface area contributed by atoms with Crippen molar-refractivity contribution in [2.75, 3.05) is 39.2 Å². The van der Waals surface area contributed by atoms with Crippen molar-refractivity contribution < 1.29 is 14.3 Å². The quantitative estimate of drug-likeness (QED) is 0.529. The summed E-state index contributed by atoms with van der Waals surface area (Å²) in [6.45, 7) is 1.95. The number of carbonyl (C=O) groups excluding carboxylic acids is 1. The molecule has 2 aromatic carbocycles. The largest absolute Gasteiger partial charge is 0.497 e. The van der Waals surface area contributed by atoms with Gasteiger partial charge < -0.3 is 25.4 Å². The number of nitrogens with zero attached hydrogens (tertiary/aromatic N) is 2. The number of methoxy groups -OCH3 is 2. The number of amides is 1. The molecule has 1 atom stereocenters. The number of benzene rings is 2. The Morgan fingerprint density at radius 3 is 2.72 bits per heavy atom. The van der Waals surface area contributed by atoms with Crippen LogP contribution in [0.1, 0.15) is 12.0 Å². The number of ether oxygens (including phenoxy) is 2. The Labute approximate surface area is 171 Å². The number of likely N-dealkylation sites (tertiary alicyclic amines) is 1. The molecular formula is C22H28N4O3. The highest BCUT2D eigenvalue weighted by molar-refractivity contribution is 5.94. The van der Waals surface area contributed by atoms with Gasteiger partial charge in [0.05, 0.1) is 19.9 Å². The van der Waals surface area contributed by atoms with Gasteiger partial charge in [-0.3, -0.25) is 9.79 Å². The van der Waals surface area contributed by atoms with E-state index in [2.05, 4.69) is 22.4 Å². The van der Waals surface area contributed by atoms with Gasteiger partial charge in [-0.15, -0.1) is 0 Å². The first-order chi connectivity index (χ1) is 14.1. The highest BCUT2D eigenvalue weighted by atomic mass is 16.5. The second-order valence-corrected chi connectivity index (χ2v) is 7.06. The SMILES string of the molecule is COc1ccc(OC)c(NC(N)=NCC2CC(=O)N(CCc3ccccc3)C2)c1. The summed E-state index contributed by atoms with van der Waals surface area (Å²) >= 11 is 0. The van der Waals surface area contributed by atoms with Gasteiger partial charge in [0, 0.05) is 38.0 Å². The highest BCUT2D eigenvalue weighted by Gasteiger charge is 2.28. The van der Waals surface area contributed by atoms with E-state index in [4.69, 9.17) is 15.2 Å². The van der Waals surface area contributed by atoms with Crippen LogP contribution >= 0.6 is 0 Å². The molecule has 1 aliphatic rings. The molecule has 1 heterocycles. The van der Waals surface area contributed by atoms with Crippen molar-refractivity contribution in [2.45, 2.75) is 12.8 Å². The molecule has 3 rings (SSSR count). The van der Waals surface area contributed by atoms with Crippen molar-refractivity contribution in [2.24, 2.45) is 16.6 Å². The van der Waals surface area contributed by atoms with Crippen molar-refractivity contribution in [3.8, 4) is 11.5 Å². The number of anilines is 1. The number of nitrogens with two attached hydrogens (primary N) is 1. The van der Waals surface area contributed by atoms with E-state index in [1.54, 1.807) is 26.4 Å². The molecular weight excluding hydrogens is 368 g/mol. The fourth-order valence-corrected chi connectivity index (χ4v) is 3.42. The third-order valence-corrected chi connectivity index (χ3v) is 5.00. The molecule has 0 bridgehead atoms. The summed E-state index contributed by atoms with van der Waals surface area (Å²) in [5.74, 6) is 1.98. The zero-order valence-electron chi connectivity index (χ0n) is 16.9. The lowest BCUT2D eigenvalue weighted by Gasteiger charge is -2.16. The van der Waals surface area contributed by atoms with Gasteiger partial charge in [-0.2, -0.15) is 0 Å². The molecule has 1 fully saturated rings. The first-order valence-corrected chi connectivity index (χ1v) is 9.69. The molecule has 1 saturated heterocycles. The Hall–Kier alpha value is -3.22. The Balaban J connectivity index is 1.52. The molecule has 0 saturated carbocycles. The van der Waals surface area contributed by atoms with Gasteiger partial charge >= 0.3 is 0 Å². The Morgan fingerprint density at radius 2 is 2.00 bits per heavy atom. The van der Waals surface area contributed by atoms with Crippen LogP contribution in [0.5, 0.6) is 11.5 Å². The first kappa shape index (κ1) is 20.5. The van der Waals surface area contributed by atoms with E-state index >= 15 is 0 Å². The Bertz CT molecular complexity index is 854. The van der Waals surface area contributed by atoms with Gasteiger partial charge in [-0.25, -0.2) is 0 Å². The number of rotatable bonds is 8. The molecule has 7 heteroatoms. The standard InChI is InChI=1S/C22H28N4O3/c1-28-18-8-9-20(29-2)19(13-18)25-22(23)24-14-17-12-21(27)26(15-17)11-10-16-6-4-3-5-7-16/h3-9,13,17H,10-12,14-15H2,1-2H3,(H3,23,24,25). The van der Waals surface area contributed by atoms with E-state index in [0.717, 1.165) is 13.0 Å². The molecule has 0 aromatic heterocycles. The fraction of sp³-hybridized carbons (Fsp3) is 0.364. The van der Waals surface area contributed by atoms with Crippen LogP contribution in [0.3, 0.4) is 0 Å². The van der Waals surface area contributed by atoms with E-state index in [1.807, 2.05) is 29.2 Å². The van der Waals surface area contributed by atoms with Crippen molar-refractivity contribution in [1.29, 1.82) is 0 Å². The zero-order chi connectivity index (χ0) is 20.6. The fourth-order valence-electron chi connectivity index (χ4n) is 3.42. The molecule has 0 radical (unpaired) electrons. The molecule has 154 valence electrons. The van der Waals surface area contributed by atoms with Crippen molar-refractivity contribution in [3.63, 3.8) is 0 Å². The Morgan fingerprint density at radius 1 is 1.21 bits per heavy atom. The number of hydrogen-bond acceptors (Lipinski definition) is 4. The van der Waals surface area contributed by atoms with Crippen LogP contribution in [0.4, 0.5) is 5.69 Å². The second kappa shape index (κ2) is 9.82. The summed E-state index contributed by atoms with van der Waals surface area (Å²) in [4.78, 5) is 18.6. The normalized spacial score (nSPS) is 16.8. The number of carbonyl (C=O) groups is 1. The second-order valence-electron chi connectivity index (χ2n) is 7.06. The van der Waals surface area contributed by atoms with Crippen LogP contribution in [0.2, 0.25) is 0 Å². The summed E-state index contributed by atoms with van der Waals surface area (Å²) in [5, 5.41) is 3.05. The third kappa shape index (κ3) is 5.63. The molecule has 1 amide bonds. The molecule has 2 aromatic rings. The van der Waals surface area contributed by atoms with Gasteiger partial charge in [0.25, 0.3) is 0 Å². The summed E-state index contributed by atoms with van der Waals surface area (Å²) in [6, 6.07) is 15.6. The van der Waals surface area contributed by atoms with E-state index in [1.165, 1.54) is 5.56 Å². The van der Waals surface area contributed by atoms with Crippen molar-refractivity contribution in [1.82, 2.24) is 4.90 Å². The summed E-state index contributed by atoms with van der Waals surface area (Å²) in [6.07, 6.45) is 1.37. The predicted octanol–water partition coefficient (Wildman–Crippen LogP) is 2.52. The molecule has 0 spiro atoms. The predicted molar refractivity (Wildman–Crippen MR) is 114 cm³/mol. The number of guanidine groups is 1. The van der Waals surface area contributed by atoms with Crippen LogP contribution < -0.4 is 20.5 Å². The Kier molecular flexibility index (Phi) is 6.94. The summed E-state index contributed by atoms with van der Waals surface area (Å²) in [5.41, 5.74) is 7.97. The molecule has 29 heavy (non-hydrogen) atoms. The zero-order valence-corrected chi connectivity index (χ0v) is 16.9. The first-order valence-electron chi connectivity index (χ1n) is 9.69. The van der Waals surface area contributed by atoms with Gasteiger partial charge in [0.15, 0.2) is 5.96 Å². The van der Waals surface area contributed by atoms with Gasteiger partial charge in [-0.05, 0) is 24.1 Å². The molecule has 1 aliphatic heterocycles. The van der Waals surface area contributed by atoms with E-state index in [9.17, 15) is 4.79 Å². The smallest absolute Gasteiger partial charge is 0.223 e. The van der Waals surface area contributed by atoms with Crippen LogP contribution in [0.25, 0.3) is 0 Å². The maximum atomic E-state index is 12.3. The maximum Gasteiger partial charge on any atom is 0.223 e. The van der Waals surface area contributed by atoms with Crippen LogP contribution in [0.15, 0.2) is 53.5 Å². The van der Waals surface area contributed by atoms with E-state index < -0.39 is 0 Å². The monoisotopic (exact) mass is 396 g/mol. The molecule has 3 N–H and O–H groups in total. The average molecular weight is 396 g/mol. The third-order valence-electron chi connectivity index (χ3n) is 5.00. The highest BCUT2D eigenvalue weighted by Crippen LogP contribution is 2.28. The van der Waals surface area contributed by atoms with Gasteiger partial charge in [0.1, 0.15) is 11.5 Å². The van der Waals surface area contributed by atoms with E-state index in [0.29, 0.717) is 36.7 Å². The summed E-state index contributed by atoms with van der Waals surface area (Å²) < 4.78 is 10.6. The molecule has 0 aliphatic carbocycles. The van der Waals surface area contributed by atoms with Gasteiger partial charge in [-0.1, -0.05) is 30.3 Å². The lowest BCUT2D eigenvalue weighted by Crippen LogP contribution is -2.28. The van der Waals surface area contributed by atoms with Crippen molar-refractivity contribution >= 4 is 17.6 Å². The van der Waals surface area contributed by atoms with Crippen LogP contribution in [-0.2, 0) is 11.2 Å². The minimum atomic E-state index is 0.172. The number of nitrogens with one attached hydrogen (secondary N) is 1. The minimum absolute atomic E-state index is 0.172. The van der Waals surface area contributed by atoms with Crippen LogP contribution in [0, 0.1) is 5.92 Å². The van der Waals surface area contributed by atoms with Gasteiger partial charge in [0.2, 0.25) is 5.91 Å². The van der Waals surface area contributed by atoms with Crippen LogP contribution in [-0.4, -0.2) is 50.6 Å². The topological polar surface area (TPSA) is 89.2 Å². The number of hydrogen-bond donors (Lipinski definition) is 2. The molecule has 1 unspecified atom stereocenters. The van der Waals surface area contributed by atoms with Crippen molar-refractivity contribution in [3.05, 3.63) is 54.1 Å². The minimum Gasteiger partial charge on any atom is -0.497 e. The van der Waals surface area contributed by atoms with E-state index in [-0.39, 0.29) is 17.8 Å². The molecule has 7 nitrogen and oxygen atoms in total. The number of aliphatic imine (C=N–C) groups is 1. The average Bonchev–Trinajstić information content (AvgIpc) is 3.11.